The van der Waals surface area contributed by atoms with Gasteiger partial charge in [-0.25, -0.2) is 4.98 Å². The number of amides is 1. The number of aromatic nitrogens is 2. The predicted molar refractivity (Wildman–Crippen MR) is 114 cm³/mol. The first-order valence-corrected chi connectivity index (χ1v) is 10.5. The van der Waals surface area contributed by atoms with Crippen LogP contribution in [0.4, 0.5) is 5.69 Å². The fraction of sp³-hybridized carbons (Fsp3) is 0.318. The molecule has 1 fully saturated rings. The molecule has 1 amide bonds. The van der Waals surface area contributed by atoms with Gasteiger partial charge < -0.3 is 9.80 Å². The second-order valence-corrected chi connectivity index (χ2v) is 8.16. The fourth-order valence-electron chi connectivity index (χ4n) is 3.40. The third-order valence-corrected chi connectivity index (χ3v) is 6.03. The number of rotatable bonds is 4. The number of anilines is 1. The number of hydrogen-bond donors (Lipinski definition) is 0. The van der Waals surface area contributed by atoms with Crippen molar-refractivity contribution in [3.05, 3.63) is 65.4 Å². The van der Waals surface area contributed by atoms with Gasteiger partial charge in [0.05, 0.1) is 0 Å². The molecule has 2 aromatic heterocycles. The number of piperazine rings is 1. The van der Waals surface area contributed by atoms with Crippen molar-refractivity contribution in [2.45, 2.75) is 19.8 Å². The van der Waals surface area contributed by atoms with Crippen molar-refractivity contribution in [3.63, 3.8) is 0 Å². The van der Waals surface area contributed by atoms with Crippen molar-refractivity contribution in [3.8, 4) is 10.6 Å². The van der Waals surface area contributed by atoms with Gasteiger partial charge in [-0.3, -0.25) is 9.78 Å². The Morgan fingerprint density at radius 1 is 1.00 bits per heavy atom. The summed E-state index contributed by atoms with van der Waals surface area (Å²) >= 11 is 1.53. The summed E-state index contributed by atoms with van der Waals surface area (Å²) in [6.45, 7) is 7.42. The lowest BCUT2D eigenvalue weighted by atomic mass is 10.0. The molecule has 0 aliphatic carbocycles. The third kappa shape index (κ3) is 3.92. The van der Waals surface area contributed by atoms with E-state index in [0.717, 1.165) is 29.3 Å². The van der Waals surface area contributed by atoms with Crippen LogP contribution in [-0.2, 0) is 0 Å². The minimum atomic E-state index is 0.0238. The molecule has 1 aliphatic rings. The summed E-state index contributed by atoms with van der Waals surface area (Å²) in [5, 5.41) is 2.78. The molecule has 0 saturated carbocycles. The van der Waals surface area contributed by atoms with Crippen molar-refractivity contribution < 1.29 is 4.79 Å². The van der Waals surface area contributed by atoms with Crippen LogP contribution < -0.4 is 4.90 Å². The Bertz CT molecular complexity index is 929. The maximum atomic E-state index is 12.9. The molecule has 3 heterocycles. The Kier molecular flexibility index (Phi) is 5.39. The number of carbonyl (C=O) groups is 1. The first kappa shape index (κ1) is 18.6. The van der Waals surface area contributed by atoms with Crippen LogP contribution in [-0.4, -0.2) is 47.0 Å². The average molecular weight is 393 g/mol. The number of thiazole rings is 1. The highest BCUT2D eigenvalue weighted by Gasteiger charge is 2.24. The van der Waals surface area contributed by atoms with Gasteiger partial charge in [-0.2, -0.15) is 0 Å². The molecule has 0 bridgehead atoms. The first-order chi connectivity index (χ1) is 13.6. The molecule has 4 rings (SSSR count). The molecule has 0 spiro atoms. The second kappa shape index (κ2) is 8.10. The third-order valence-electron chi connectivity index (χ3n) is 5.14. The van der Waals surface area contributed by atoms with E-state index in [-0.39, 0.29) is 5.91 Å². The summed E-state index contributed by atoms with van der Waals surface area (Å²) in [4.78, 5) is 25.7. The summed E-state index contributed by atoms with van der Waals surface area (Å²) in [7, 11) is 0. The maximum absolute atomic E-state index is 12.9. The van der Waals surface area contributed by atoms with Gasteiger partial charge in [0.25, 0.3) is 5.91 Å². The summed E-state index contributed by atoms with van der Waals surface area (Å²) < 4.78 is 0. The molecule has 5 nitrogen and oxygen atoms in total. The molecule has 1 aliphatic heterocycles. The first-order valence-electron chi connectivity index (χ1n) is 9.62. The van der Waals surface area contributed by atoms with Gasteiger partial charge in [-0.1, -0.05) is 38.1 Å². The smallest absolute Gasteiger partial charge is 0.273 e. The van der Waals surface area contributed by atoms with Crippen LogP contribution in [0.1, 0.15) is 35.8 Å². The number of hydrogen-bond acceptors (Lipinski definition) is 5. The van der Waals surface area contributed by atoms with E-state index in [4.69, 9.17) is 0 Å². The molecule has 0 unspecified atom stereocenters. The minimum absolute atomic E-state index is 0.0238. The summed E-state index contributed by atoms with van der Waals surface area (Å²) in [6.07, 6.45) is 3.61. The molecule has 0 radical (unpaired) electrons. The van der Waals surface area contributed by atoms with Crippen molar-refractivity contribution >= 4 is 22.9 Å². The van der Waals surface area contributed by atoms with E-state index in [1.54, 1.807) is 12.4 Å². The van der Waals surface area contributed by atoms with Crippen LogP contribution in [0.2, 0.25) is 0 Å². The lowest BCUT2D eigenvalue weighted by Crippen LogP contribution is -2.48. The second-order valence-electron chi connectivity index (χ2n) is 7.30. The molecular weight excluding hydrogens is 368 g/mol. The zero-order chi connectivity index (χ0) is 19.5. The molecule has 1 aromatic carbocycles. The Balaban J connectivity index is 1.41. The molecular formula is C22H24N4OS. The van der Waals surface area contributed by atoms with E-state index >= 15 is 0 Å². The monoisotopic (exact) mass is 392 g/mol. The summed E-state index contributed by atoms with van der Waals surface area (Å²) in [5.41, 5.74) is 4.08. The van der Waals surface area contributed by atoms with Crippen molar-refractivity contribution in [2.24, 2.45) is 0 Å². The highest BCUT2D eigenvalue weighted by atomic mass is 32.1. The van der Waals surface area contributed by atoms with Crippen molar-refractivity contribution in [2.75, 3.05) is 31.1 Å². The maximum Gasteiger partial charge on any atom is 0.273 e. The van der Waals surface area contributed by atoms with Crippen molar-refractivity contribution in [1.82, 2.24) is 14.9 Å². The zero-order valence-electron chi connectivity index (χ0n) is 16.2. The van der Waals surface area contributed by atoms with Crippen LogP contribution >= 0.6 is 11.3 Å². The lowest BCUT2D eigenvalue weighted by Gasteiger charge is -2.35. The number of benzene rings is 1. The van der Waals surface area contributed by atoms with Crippen molar-refractivity contribution in [1.29, 1.82) is 0 Å². The standard InChI is InChI=1S/C22H24N4OS/c1-16(2)17-3-5-18(6-4-17)21-24-20(15-28-21)22(27)26-13-11-25(12-14-26)19-7-9-23-10-8-19/h3-10,15-16H,11-14H2,1-2H3. The van der Waals surface area contributed by atoms with E-state index < -0.39 is 0 Å². The van der Waals surface area contributed by atoms with E-state index in [2.05, 4.69) is 53.0 Å². The molecule has 1 saturated heterocycles. The number of pyridine rings is 1. The Morgan fingerprint density at radius 2 is 1.68 bits per heavy atom. The predicted octanol–water partition coefficient (Wildman–Crippen LogP) is 4.29. The molecule has 3 aromatic rings. The summed E-state index contributed by atoms with van der Waals surface area (Å²) in [6, 6.07) is 12.5. The SMILES string of the molecule is CC(C)c1ccc(-c2nc(C(=O)N3CCN(c4ccncc4)CC3)cs2)cc1. The van der Waals surface area contributed by atoms with Gasteiger partial charge in [0, 0.05) is 55.2 Å². The zero-order valence-corrected chi connectivity index (χ0v) is 17.0. The van der Waals surface area contributed by atoms with Gasteiger partial charge in [-0.05, 0) is 23.6 Å². The number of carbonyl (C=O) groups excluding carboxylic acids is 1. The fourth-order valence-corrected chi connectivity index (χ4v) is 4.20. The van der Waals surface area contributed by atoms with Crippen LogP contribution in [0.3, 0.4) is 0 Å². The van der Waals surface area contributed by atoms with Gasteiger partial charge in [0.1, 0.15) is 10.7 Å². The Hall–Kier alpha value is -2.73. The van der Waals surface area contributed by atoms with Gasteiger partial charge in [0.15, 0.2) is 0 Å². The van der Waals surface area contributed by atoms with Gasteiger partial charge in [-0.15, -0.1) is 11.3 Å². The molecule has 0 N–H and O–H groups in total. The molecule has 6 heteroatoms. The largest absolute Gasteiger partial charge is 0.368 e. The van der Waals surface area contributed by atoms with E-state index in [9.17, 15) is 4.79 Å². The van der Waals surface area contributed by atoms with E-state index in [1.807, 2.05) is 22.4 Å². The quantitative estimate of drug-likeness (QED) is 0.665. The summed E-state index contributed by atoms with van der Waals surface area (Å²) in [5.74, 6) is 0.531. The Morgan fingerprint density at radius 3 is 2.32 bits per heavy atom. The van der Waals surface area contributed by atoms with Gasteiger partial charge in [0.2, 0.25) is 0 Å². The highest BCUT2D eigenvalue weighted by Crippen LogP contribution is 2.26. The molecule has 28 heavy (non-hydrogen) atoms. The molecule has 144 valence electrons. The number of nitrogens with zero attached hydrogens (tertiary/aromatic N) is 4. The van der Waals surface area contributed by atoms with Crippen LogP contribution in [0.25, 0.3) is 10.6 Å². The van der Waals surface area contributed by atoms with E-state index in [0.29, 0.717) is 24.7 Å². The van der Waals surface area contributed by atoms with Crippen LogP contribution in [0.5, 0.6) is 0 Å². The van der Waals surface area contributed by atoms with Crippen LogP contribution in [0, 0.1) is 0 Å². The normalized spacial score (nSPS) is 14.5. The van der Waals surface area contributed by atoms with E-state index in [1.165, 1.54) is 16.9 Å². The minimum Gasteiger partial charge on any atom is -0.368 e. The van der Waals surface area contributed by atoms with Gasteiger partial charge >= 0.3 is 0 Å². The topological polar surface area (TPSA) is 49.3 Å². The average Bonchev–Trinajstić information content (AvgIpc) is 3.24. The Labute approximate surface area is 169 Å². The van der Waals surface area contributed by atoms with Crippen LogP contribution in [0.15, 0.2) is 54.2 Å². The highest BCUT2D eigenvalue weighted by molar-refractivity contribution is 7.13. The lowest BCUT2D eigenvalue weighted by molar-refractivity contribution is 0.0742. The molecule has 0 atom stereocenters.